The molecule has 114 valence electrons. The van der Waals surface area contributed by atoms with Gasteiger partial charge in [-0.15, -0.1) is 0 Å². The summed E-state index contributed by atoms with van der Waals surface area (Å²) in [5, 5.41) is 5.77. The van der Waals surface area contributed by atoms with Crippen LogP contribution in [0.3, 0.4) is 0 Å². The van der Waals surface area contributed by atoms with Crippen molar-refractivity contribution in [2.75, 3.05) is 11.9 Å². The van der Waals surface area contributed by atoms with Gasteiger partial charge in [-0.1, -0.05) is 19.9 Å². The maximum absolute atomic E-state index is 12.4. The van der Waals surface area contributed by atoms with Crippen LogP contribution in [0.4, 0.5) is 5.69 Å². The third kappa shape index (κ3) is 3.63. The SMILES string of the molecule is Cc1cc(C)cc(NC(=O)C2(C(=O)NCC(C)C)CC2)c1. The molecule has 1 aromatic rings. The molecule has 0 atom stereocenters. The van der Waals surface area contributed by atoms with Crippen molar-refractivity contribution in [1.29, 1.82) is 0 Å². The molecule has 1 fully saturated rings. The number of anilines is 1. The van der Waals surface area contributed by atoms with Crippen LogP contribution in [-0.2, 0) is 9.59 Å². The first kappa shape index (κ1) is 15.5. The number of carbonyl (C=O) groups excluding carboxylic acids is 2. The van der Waals surface area contributed by atoms with E-state index in [1.807, 2.05) is 39.8 Å². The van der Waals surface area contributed by atoms with Crippen LogP contribution in [0.25, 0.3) is 0 Å². The Morgan fingerprint density at radius 2 is 1.67 bits per heavy atom. The monoisotopic (exact) mass is 288 g/mol. The number of aryl methyl sites for hydroxylation is 2. The standard InChI is InChI=1S/C17H24N2O2/c1-11(2)10-18-15(20)17(5-6-17)16(21)19-14-8-12(3)7-13(4)9-14/h7-9,11H,5-6,10H2,1-4H3,(H,18,20)(H,19,21). The van der Waals surface area contributed by atoms with Crippen LogP contribution in [0.1, 0.15) is 37.8 Å². The van der Waals surface area contributed by atoms with Gasteiger partial charge in [0.2, 0.25) is 11.8 Å². The number of hydrogen-bond donors (Lipinski definition) is 2. The van der Waals surface area contributed by atoms with Gasteiger partial charge in [-0.25, -0.2) is 0 Å². The highest BCUT2D eigenvalue weighted by molar-refractivity contribution is 6.13. The number of benzene rings is 1. The molecule has 2 rings (SSSR count). The van der Waals surface area contributed by atoms with Crippen LogP contribution < -0.4 is 10.6 Å². The van der Waals surface area contributed by atoms with Gasteiger partial charge >= 0.3 is 0 Å². The summed E-state index contributed by atoms with van der Waals surface area (Å²) in [6, 6.07) is 5.90. The summed E-state index contributed by atoms with van der Waals surface area (Å²) >= 11 is 0. The Hall–Kier alpha value is -1.84. The molecule has 0 spiro atoms. The Bertz CT molecular complexity index is 540. The zero-order chi connectivity index (χ0) is 15.6. The van der Waals surface area contributed by atoms with Gasteiger partial charge in [0.25, 0.3) is 0 Å². The van der Waals surface area contributed by atoms with Gasteiger partial charge in [-0.2, -0.15) is 0 Å². The predicted molar refractivity (Wildman–Crippen MR) is 84.1 cm³/mol. The number of rotatable bonds is 5. The molecule has 1 aromatic carbocycles. The average Bonchev–Trinajstić information content (AvgIpc) is 3.15. The van der Waals surface area contributed by atoms with Gasteiger partial charge in [0, 0.05) is 12.2 Å². The summed E-state index contributed by atoms with van der Waals surface area (Å²) in [7, 11) is 0. The second-order valence-corrected chi connectivity index (χ2v) is 6.52. The molecule has 0 saturated heterocycles. The fraction of sp³-hybridized carbons (Fsp3) is 0.529. The summed E-state index contributed by atoms with van der Waals surface area (Å²) in [4.78, 5) is 24.7. The van der Waals surface area contributed by atoms with E-state index in [0.717, 1.165) is 16.8 Å². The quantitative estimate of drug-likeness (QED) is 0.819. The Morgan fingerprint density at radius 1 is 1.10 bits per heavy atom. The molecule has 0 bridgehead atoms. The normalized spacial score (nSPS) is 15.7. The molecule has 4 heteroatoms. The first-order valence-electron chi connectivity index (χ1n) is 7.51. The average molecular weight is 288 g/mol. The lowest BCUT2D eigenvalue weighted by Crippen LogP contribution is -2.41. The van der Waals surface area contributed by atoms with Crippen LogP contribution in [0, 0.1) is 25.2 Å². The topological polar surface area (TPSA) is 58.2 Å². The van der Waals surface area contributed by atoms with Gasteiger partial charge in [0.1, 0.15) is 5.41 Å². The van der Waals surface area contributed by atoms with E-state index in [9.17, 15) is 9.59 Å². The zero-order valence-electron chi connectivity index (χ0n) is 13.2. The molecular weight excluding hydrogens is 264 g/mol. The number of carbonyl (C=O) groups is 2. The fourth-order valence-corrected chi connectivity index (χ4v) is 2.45. The van der Waals surface area contributed by atoms with E-state index in [4.69, 9.17) is 0 Å². The fourth-order valence-electron chi connectivity index (χ4n) is 2.45. The lowest BCUT2D eigenvalue weighted by atomic mass is 10.0. The minimum absolute atomic E-state index is 0.141. The number of amides is 2. The molecule has 1 aliphatic carbocycles. The molecule has 2 amide bonds. The Kier molecular flexibility index (Phi) is 4.35. The highest BCUT2D eigenvalue weighted by Crippen LogP contribution is 2.46. The van der Waals surface area contributed by atoms with Crippen molar-refractivity contribution in [3.63, 3.8) is 0 Å². The van der Waals surface area contributed by atoms with Crippen molar-refractivity contribution >= 4 is 17.5 Å². The summed E-state index contributed by atoms with van der Waals surface area (Å²) in [5.41, 5.74) is 2.10. The summed E-state index contributed by atoms with van der Waals surface area (Å²) in [6.45, 7) is 8.66. The van der Waals surface area contributed by atoms with E-state index < -0.39 is 5.41 Å². The third-order valence-corrected chi connectivity index (χ3v) is 3.77. The van der Waals surface area contributed by atoms with Crippen LogP contribution in [-0.4, -0.2) is 18.4 Å². The van der Waals surface area contributed by atoms with E-state index in [0.29, 0.717) is 25.3 Å². The molecule has 0 heterocycles. The Balaban J connectivity index is 2.04. The van der Waals surface area contributed by atoms with E-state index in [2.05, 4.69) is 16.7 Å². The van der Waals surface area contributed by atoms with E-state index in [1.54, 1.807) is 0 Å². The largest absolute Gasteiger partial charge is 0.355 e. The third-order valence-electron chi connectivity index (χ3n) is 3.77. The minimum atomic E-state index is -0.855. The number of hydrogen-bond acceptors (Lipinski definition) is 2. The maximum atomic E-state index is 12.4. The van der Waals surface area contributed by atoms with Gasteiger partial charge in [-0.05, 0) is 55.9 Å². The highest BCUT2D eigenvalue weighted by atomic mass is 16.2. The highest BCUT2D eigenvalue weighted by Gasteiger charge is 2.56. The van der Waals surface area contributed by atoms with Crippen LogP contribution >= 0.6 is 0 Å². The van der Waals surface area contributed by atoms with E-state index in [-0.39, 0.29) is 11.8 Å². The molecular formula is C17H24N2O2. The molecule has 0 radical (unpaired) electrons. The smallest absolute Gasteiger partial charge is 0.240 e. The van der Waals surface area contributed by atoms with Gasteiger partial charge < -0.3 is 10.6 Å². The van der Waals surface area contributed by atoms with E-state index in [1.165, 1.54) is 0 Å². The molecule has 1 aliphatic rings. The lowest BCUT2D eigenvalue weighted by Gasteiger charge is -2.17. The van der Waals surface area contributed by atoms with Crippen molar-refractivity contribution < 1.29 is 9.59 Å². The minimum Gasteiger partial charge on any atom is -0.355 e. The molecule has 2 N–H and O–H groups in total. The van der Waals surface area contributed by atoms with Gasteiger partial charge in [0.05, 0.1) is 0 Å². The summed E-state index contributed by atoms with van der Waals surface area (Å²) in [5.74, 6) is 0.0547. The van der Waals surface area contributed by atoms with Crippen molar-refractivity contribution in [2.45, 2.75) is 40.5 Å². The molecule has 21 heavy (non-hydrogen) atoms. The van der Waals surface area contributed by atoms with Crippen molar-refractivity contribution in [3.8, 4) is 0 Å². The Labute approximate surface area is 126 Å². The van der Waals surface area contributed by atoms with Gasteiger partial charge in [0.15, 0.2) is 0 Å². The molecule has 0 unspecified atom stereocenters. The first-order chi connectivity index (χ1) is 9.83. The van der Waals surface area contributed by atoms with E-state index >= 15 is 0 Å². The van der Waals surface area contributed by atoms with Crippen LogP contribution in [0.15, 0.2) is 18.2 Å². The van der Waals surface area contributed by atoms with Gasteiger partial charge in [-0.3, -0.25) is 9.59 Å². The predicted octanol–water partition coefficient (Wildman–Crippen LogP) is 2.79. The Morgan fingerprint density at radius 3 is 2.14 bits per heavy atom. The second-order valence-electron chi connectivity index (χ2n) is 6.52. The van der Waals surface area contributed by atoms with Crippen LogP contribution in [0.2, 0.25) is 0 Å². The molecule has 0 aliphatic heterocycles. The van der Waals surface area contributed by atoms with Crippen LogP contribution in [0.5, 0.6) is 0 Å². The number of nitrogens with one attached hydrogen (secondary N) is 2. The zero-order valence-corrected chi connectivity index (χ0v) is 13.2. The maximum Gasteiger partial charge on any atom is 0.240 e. The van der Waals surface area contributed by atoms with Crippen molar-refractivity contribution in [3.05, 3.63) is 29.3 Å². The van der Waals surface area contributed by atoms with Crippen molar-refractivity contribution in [2.24, 2.45) is 11.3 Å². The summed E-state index contributed by atoms with van der Waals surface area (Å²) < 4.78 is 0. The summed E-state index contributed by atoms with van der Waals surface area (Å²) in [6.07, 6.45) is 1.26. The molecule has 4 nitrogen and oxygen atoms in total. The first-order valence-corrected chi connectivity index (χ1v) is 7.51. The molecule has 1 saturated carbocycles. The lowest BCUT2D eigenvalue weighted by molar-refractivity contribution is -0.134. The second kappa shape index (κ2) is 5.88. The van der Waals surface area contributed by atoms with Crippen molar-refractivity contribution in [1.82, 2.24) is 5.32 Å². The molecule has 0 aromatic heterocycles.